The van der Waals surface area contributed by atoms with Crippen molar-refractivity contribution in [1.29, 1.82) is 0 Å². The van der Waals surface area contributed by atoms with Crippen LogP contribution in [-0.4, -0.2) is 29.9 Å². The predicted octanol–water partition coefficient (Wildman–Crippen LogP) is 3.35. The molecule has 3 amide bonds. The molecule has 1 fully saturated rings. The number of halogens is 1. The fraction of sp³-hybridized carbons (Fsp3) is 0.176. The maximum atomic E-state index is 12.4. The molecule has 0 N–H and O–H groups in total. The largest absolute Gasteiger partial charge is 0.331 e. The lowest BCUT2D eigenvalue weighted by Gasteiger charge is -2.17. The fourth-order valence-electron chi connectivity index (χ4n) is 2.49. The molecule has 2 aromatic rings. The van der Waals surface area contributed by atoms with Crippen LogP contribution in [0.25, 0.3) is 0 Å². The van der Waals surface area contributed by atoms with Gasteiger partial charge in [-0.05, 0) is 30.2 Å². The van der Waals surface area contributed by atoms with Crippen LogP contribution in [0.5, 0.6) is 0 Å². The van der Waals surface area contributed by atoms with Crippen LogP contribution >= 0.6 is 11.6 Å². The first-order valence-corrected chi connectivity index (χ1v) is 7.44. The van der Waals surface area contributed by atoms with Gasteiger partial charge in [0.25, 0.3) is 5.91 Å². The van der Waals surface area contributed by atoms with Crippen molar-refractivity contribution in [3.63, 3.8) is 0 Å². The molecule has 5 heteroatoms. The molecule has 0 saturated carbocycles. The summed E-state index contributed by atoms with van der Waals surface area (Å²) < 4.78 is 0. The fourth-order valence-corrected chi connectivity index (χ4v) is 2.68. The van der Waals surface area contributed by atoms with Crippen LogP contribution in [-0.2, 0) is 11.2 Å². The Balaban J connectivity index is 1.72. The molecule has 0 atom stereocenters. The third kappa shape index (κ3) is 2.97. The minimum absolute atomic E-state index is 0.0635. The molecule has 1 heterocycles. The zero-order valence-electron chi connectivity index (χ0n) is 11.9. The average Bonchev–Trinajstić information content (AvgIpc) is 2.81. The molecule has 1 aliphatic heterocycles. The smallest absolute Gasteiger partial charge is 0.284 e. The molecule has 112 valence electrons. The van der Waals surface area contributed by atoms with Crippen molar-refractivity contribution < 1.29 is 9.59 Å². The second-order valence-electron chi connectivity index (χ2n) is 5.13. The van der Waals surface area contributed by atoms with Crippen LogP contribution in [0, 0.1) is 0 Å². The van der Waals surface area contributed by atoms with Crippen molar-refractivity contribution in [3.8, 4) is 0 Å². The van der Waals surface area contributed by atoms with E-state index in [0.29, 0.717) is 23.7 Å². The van der Waals surface area contributed by atoms with Crippen LogP contribution in [0.15, 0.2) is 54.6 Å². The summed E-state index contributed by atoms with van der Waals surface area (Å²) in [6, 6.07) is 16.5. The number of imide groups is 1. The Morgan fingerprint density at radius 2 is 1.77 bits per heavy atom. The number of benzene rings is 2. The zero-order valence-corrected chi connectivity index (χ0v) is 12.7. The third-order valence-corrected chi connectivity index (χ3v) is 3.88. The van der Waals surface area contributed by atoms with Crippen LogP contribution < -0.4 is 4.90 Å². The van der Waals surface area contributed by atoms with Crippen LogP contribution in [0.2, 0.25) is 5.02 Å². The standard InChI is InChI=1S/C17H15ClN2O2/c18-14-7-4-8-15(11-14)20-12-16(21)19(17(20)22)10-9-13-5-2-1-3-6-13/h1-8,11H,9-10,12H2. The molecule has 0 aliphatic carbocycles. The predicted molar refractivity (Wildman–Crippen MR) is 86.1 cm³/mol. The lowest BCUT2D eigenvalue weighted by atomic mass is 10.1. The van der Waals surface area contributed by atoms with Crippen LogP contribution in [0.1, 0.15) is 5.56 Å². The Morgan fingerprint density at radius 1 is 1.00 bits per heavy atom. The molecular weight excluding hydrogens is 300 g/mol. The van der Waals surface area contributed by atoms with Gasteiger partial charge in [0.2, 0.25) is 0 Å². The molecule has 0 bridgehead atoms. The first kappa shape index (κ1) is 14.6. The highest BCUT2D eigenvalue weighted by Crippen LogP contribution is 2.24. The van der Waals surface area contributed by atoms with Crippen molar-refractivity contribution in [2.24, 2.45) is 0 Å². The second-order valence-corrected chi connectivity index (χ2v) is 5.57. The summed E-state index contributed by atoms with van der Waals surface area (Å²) in [5, 5.41) is 0.542. The van der Waals surface area contributed by atoms with Crippen molar-refractivity contribution in [2.75, 3.05) is 18.0 Å². The first-order chi connectivity index (χ1) is 10.6. The lowest BCUT2D eigenvalue weighted by molar-refractivity contribution is -0.124. The van der Waals surface area contributed by atoms with Gasteiger partial charge in [-0.2, -0.15) is 0 Å². The SMILES string of the molecule is O=C1CN(c2cccc(Cl)c2)C(=O)N1CCc1ccccc1. The van der Waals surface area contributed by atoms with Gasteiger partial charge in [0.1, 0.15) is 6.54 Å². The van der Waals surface area contributed by atoms with Gasteiger partial charge in [-0.3, -0.25) is 14.6 Å². The van der Waals surface area contributed by atoms with E-state index in [1.54, 1.807) is 24.3 Å². The van der Waals surface area contributed by atoms with Gasteiger partial charge in [0.05, 0.1) is 0 Å². The molecule has 1 aliphatic rings. The van der Waals surface area contributed by atoms with E-state index in [1.807, 2.05) is 30.3 Å². The summed E-state index contributed by atoms with van der Waals surface area (Å²) in [5.41, 5.74) is 1.75. The van der Waals surface area contributed by atoms with E-state index in [9.17, 15) is 9.59 Å². The summed E-state index contributed by atoms with van der Waals surface area (Å²) in [6.45, 7) is 0.451. The van der Waals surface area contributed by atoms with E-state index in [-0.39, 0.29) is 18.5 Å². The number of nitrogens with zero attached hydrogens (tertiary/aromatic N) is 2. The molecule has 0 radical (unpaired) electrons. The van der Waals surface area contributed by atoms with Crippen molar-refractivity contribution >= 4 is 29.2 Å². The molecule has 2 aromatic carbocycles. The van der Waals surface area contributed by atoms with Gasteiger partial charge in [-0.1, -0.05) is 48.0 Å². The van der Waals surface area contributed by atoms with Crippen LogP contribution in [0.3, 0.4) is 0 Å². The van der Waals surface area contributed by atoms with Gasteiger partial charge in [0.15, 0.2) is 0 Å². The monoisotopic (exact) mass is 314 g/mol. The number of urea groups is 1. The van der Waals surface area contributed by atoms with Crippen molar-refractivity contribution in [2.45, 2.75) is 6.42 Å². The van der Waals surface area contributed by atoms with Gasteiger partial charge in [-0.25, -0.2) is 4.79 Å². The highest BCUT2D eigenvalue weighted by molar-refractivity contribution is 6.31. The van der Waals surface area contributed by atoms with E-state index in [2.05, 4.69) is 0 Å². The van der Waals surface area contributed by atoms with Crippen molar-refractivity contribution in [3.05, 3.63) is 65.2 Å². The van der Waals surface area contributed by atoms with Gasteiger partial charge in [0, 0.05) is 17.3 Å². The number of amides is 3. The number of carbonyl (C=O) groups excluding carboxylic acids is 2. The molecule has 22 heavy (non-hydrogen) atoms. The summed E-state index contributed by atoms with van der Waals surface area (Å²) in [7, 11) is 0. The maximum Gasteiger partial charge on any atom is 0.331 e. The Kier molecular flexibility index (Phi) is 4.11. The topological polar surface area (TPSA) is 40.6 Å². The van der Waals surface area contributed by atoms with Crippen LogP contribution in [0.4, 0.5) is 10.5 Å². The summed E-state index contributed by atoms with van der Waals surface area (Å²) in [5.74, 6) is -0.180. The average molecular weight is 315 g/mol. The molecular formula is C17H15ClN2O2. The molecule has 4 nitrogen and oxygen atoms in total. The van der Waals surface area contributed by atoms with E-state index < -0.39 is 0 Å². The molecule has 0 unspecified atom stereocenters. The van der Waals surface area contributed by atoms with Gasteiger partial charge in [-0.15, -0.1) is 0 Å². The molecule has 0 spiro atoms. The van der Waals surface area contributed by atoms with E-state index in [1.165, 1.54) is 9.80 Å². The van der Waals surface area contributed by atoms with E-state index in [4.69, 9.17) is 11.6 Å². The third-order valence-electron chi connectivity index (χ3n) is 3.64. The zero-order chi connectivity index (χ0) is 15.5. The summed E-state index contributed by atoms with van der Waals surface area (Å²) in [4.78, 5) is 27.3. The molecule has 0 aromatic heterocycles. The lowest BCUT2D eigenvalue weighted by Crippen LogP contribution is -2.34. The minimum Gasteiger partial charge on any atom is -0.284 e. The minimum atomic E-state index is -0.289. The number of rotatable bonds is 4. The summed E-state index contributed by atoms with van der Waals surface area (Å²) in [6.07, 6.45) is 0.654. The normalized spacial score (nSPS) is 14.8. The van der Waals surface area contributed by atoms with E-state index in [0.717, 1.165) is 5.56 Å². The van der Waals surface area contributed by atoms with Gasteiger partial charge >= 0.3 is 6.03 Å². The highest BCUT2D eigenvalue weighted by atomic mass is 35.5. The Hall–Kier alpha value is -2.33. The number of hydrogen-bond donors (Lipinski definition) is 0. The maximum absolute atomic E-state index is 12.4. The van der Waals surface area contributed by atoms with Crippen molar-refractivity contribution in [1.82, 2.24) is 4.90 Å². The van der Waals surface area contributed by atoms with E-state index >= 15 is 0 Å². The Labute approximate surface area is 133 Å². The summed E-state index contributed by atoms with van der Waals surface area (Å²) >= 11 is 5.95. The van der Waals surface area contributed by atoms with Gasteiger partial charge < -0.3 is 0 Å². The first-order valence-electron chi connectivity index (χ1n) is 7.06. The number of carbonyl (C=O) groups is 2. The second kappa shape index (κ2) is 6.20. The number of anilines is 1. The number of hydrogen-bond acceptors (Lipinski definition) is 2. The Bertz CT molecular complexity index is 703. The highest BCUT2D eigenvalue weighted by Gasteiger charge is 2.36. The quantitative estimate of drug-likeness (QED) is 0.812. The molecule has 1 saturated heterocycles. The Morgan fingerprint density at radius 3 is 2.50 bits per heavy atom. The molecule has 3 rings (SSSR count).